The molecule has 0 radical (unpaired) electrons. The van der Waals surface area contributed by atoms with Crippen molar-refractivity contribution in [3.63, 3.8) is 0 Å². The van der Waals surface area contributed by atoms with Gasteiger partial charge >= 0.3 is 0 Å². The first-order valence-corrected chi connectivity index (χ1v) is 5.84. The number of halogens is 1. The van der Waals surface area contributed by atoms with Gasteiger partial charge in [-0.3, -0.25) is 0 Å². The molecule has 2 atom stereocenters. The molecule has 1 aromatic rings. The Balaban J connectivity index is 1.94. The fourth-order valence-electron chi connectivity index (χ4n) is 3.15. The van der Waals surface area contributed by atoms with Gasteiger partial charge in [-0.05, 0) is 61.4 Å². The summed E-state index contributed by atoms with van der Waals surface area (Å²) in [6.45, 7) is 2.24. The van der Waals surface area contributed by atoms with Crippen LogP contribution in [-0.4, -0.2) is 13.1 Å². The molecule has 1 heterocycles. The van der Waals surface area contributed by atoms with E-state index >= 15 is 0 Å². The van der Waals surface area contributed by atoms with Crippen LogP contribution in [0.2, 0.25) is 0 Å². The molecular weight excluding hydrogens is 189 g/mol. The molecular formula is C13H16FN. The predicted octanol–water partition coefficient (Wildman–Crippen LogP) is 2.46. The Bertz CT molecular complexity index is 369. The molecule has 0 spiro atoms. The fourth-order valence-corrected chi connectivity index (χ4v) is 3.15. The zero-order valence-corrected chi connectivity index (χ0v) is 8.80. The van der Waals surface area contributed by atoms with Crippen LogP contribution in [-0.2, 0) is 6.42 Å². The minimum atomic E-state index is 0.000885. The highest BCUT2D eigenvalue weighted by Crippen LogP contribution is 2.41. The van der Waals surface area contributed by atoms with E-state index in [9.17, 15) is 4.39 Å². The molecule has 1 aliphatic carbocycles. The Hall–Kier alpha value is -0.890. The molecule has 1 nitrogen and oxygen atoms in total. The van der Waals surface area contributed by atoms with Crippen molar-refractivity contribution in [1.29, 1.82) is 0 Å². The van der Waals surface area contributed by atoms with E-state index in [1.807, 2.05) is 6.07 Å². The van der Waals surface area contributed by atoms with Crippen molar-refractivity contribution in [2.45, 2.75) is 25.2 Å². The van der Waals surface area contributed by atoms with Gasteiger partial charge in [0.25, 0.3) is 0 Å². The van der Waals surface area contributed by atoms with Gasteiger partial charge in [0.15, 0.2) is 0 Å². The number of nitrogens with one attached hydrogen (secondary N) is 1. The van der Waals surface area contributed by atoms with Crippen molar-refractivity contribution in [2.24, 2.45) is 5.92 Å². The predicted molar refractivity (Wildman–Crippen MR) is 58.4 cm³/mol. The average molecular weight is 205 g/mol. The summed E-state index contributed by atoms with van der Waals surface area (Å²) in [5.41, 5.74) is 2.26. The Morgan fingerprint density at radius 1 is 1.27 bits per heavy atom. The van der Waals surface area contributed by atoms with Crippen molar-refractivity contribution in [2.75, 3.05) is 13.1 Å². The van der Waals surface area contributed by atoms with Gasteiger partial charge in [0.05, 0.1) is 0 Å². The highest BCUT2D eigenvalue weighted by Gasteiger charge is 2.32. The highest BCUT2D eigenvalue weighted by molar-refractivity contribution is 5.36. The average Bonchev–Trinajstić information content (AvgIpc) is 2.85. The summed E-state index contributed by atoms with van der Waals surface area (Å²) in [6, 6.07) is 5.57. The lowest BCUT2D eigenvalue weighted by molar-refractivity contribution is 0.456. The Morgan fingerprint density at radius 3 is 3.00 bits per heavy atom. The normalized spacial score (nSPS) is 29.4. The molecule has 1 saturated heterocycles. The quantitative estimate of drug-likeness (QED) is 0.742. The summed E-state index contributed by atoms with van der Waals surface area (Å²) in [4.78, 5) is 0. The molecule has 0 aromatic heterocycles. The van der Waals surface area contributed by atoms with Crippen LogP contribution in [0.15, 0.2) is 18.2 Å². The standard InChI is InChI=1S/C13H16FN/c14-13-3-1-2-11-10(4-5-12(11)13)9-6-7-15-8-9/h1-3,9-10,15H,4-8H2. The van der Waals surface area contributed by atoms with Gasteiger partial charge in [-0.1, -0.05) is 12.1 Å². The van der Waals surface area contributed by atoms with E-state index in [-0.39, 0.29) is 5.82 Å². The zero-order valence-electron chi connectivity index (χ0n) is 8.80. The lowest BCUT2D eigenvalue weighted by Crippen LogP contribution is -2.14. The second-order valence-electron chi connectivity index (χ2n) is 4.71. The van der Waals surface area contributed by atoms with Crippen LogP contribution in [0.5, 0.6) is 0 Å². The van der Waals surface area contributed by atoms with Crippen LogP contribution in [0.3, 0.4) is 0 Å². The molecule has 0 bridgehead atoms. The summed E-state index contributed by atoms with van der Waals surface area (Å²) in [7, 11) is 0. The number of hydrogen-bond donors (Lipinski definition) is 1. The third kappa shape index (κ3) is 1.48. The minimum absolute atomic E-state index is 0.000885. The van der Waals surface area contributed by atoms with Gasteiger partial charge in [0.2, 0.25) is 0 Å². The van der Waals surface area contributed by atoms with Crippen LogP contribution in [0.4, 0.5) is 4.39 Å². The van der Waals surface area contributed by atoms with E-state index in [0.717, 1.165) is 37.4 Å². The van der Waals surface area contributed by atoms with Crippen molar-refractivity contribution in [3.8, 4) is 0 Å². The summed E-state index contributed by atoms with van der Waals surface area (Å²) < 4.78 is 13.5. The van der Waals surface area contributed by atoms with Crippen molar-refractivity contribution < 1.29 is 4.39 Å². The van der Waals surface area contributed by atoms with E-state index in [1.165, 1.54) is 12.0 Å². The first-order valence-electron chi connectivity index (χ1n) is 5.84. The molecule has 15 heavy (non-hydrogen) atoms. The second-order valence-corrected chi connectivity index (χ2v) is 4.71. The number of benzene rings is 1. The van der Waals surface area contributed by atoms with Gasteiger partial charge in [0.1, 0.15) is 5.82 Å². The molecule has 1 N–H and O–H groups in total. The first-order chi connectivity index (χ1) is 7.36. The molecule has 0 saturated carbocycles. The van der Waals surface area contributed by atoms with Crippen LogP contribution in [0, 0.1) is 11.7 Å². The largest absolute Gasteiger partial charge is 0.316 e. The Kier molecular flexibility index (Phi) is 2.24. The highest BCUT2D eigenvalue weighted by atomic mass is 19.1. The van der Waals surface area contributed by atoms with Crippen molar-refractivity contribution in [1.82, 2.24) is 5.32 Å². The summed E-state index contributed by atoms with van der Waals surface area (Å²) in [5, 5.41) is 3.40. The van der Waals surface area contributed by atoms with Crippen LogP contribution in [0.1, 0.15) is 29.9 Å². The van der Waals surface area contributed by atoms with Gasteiger partial charge in [-0.15, -0.1) is 0 Å². The molecule has 1 aromatic carbocycles. The lowest BCUT2D eigenvalue weighted by Gasteiger charge is -2.18. The number of fused-ring (bicyclic) bond motifs is 1. The summed E-state index contributed by atoms with van der Waals surface area (Å²) in [6.07, 6.45) is 3.33. The van der Waals surface area contributed by atoms with Gasteiger partial charge < -0.3 is 5.32 Å². The van der Waals surface area contributed by atoms with Crippen molar-refractivity contribution >= 4 is 0 Å². The third-order valence-electron chi connectivity index (χ3n) is 3.93. The molecule has 80 valence electrons. The van der Waals surface area contributed by atoms with Gasteiger partial charge in [0, 0.05) is 0 Å². The maximum Gasteiger partial charge on any atom is 0.126 e. The second kappa shape index (κ2) is 3.60. The molecule has 3 rings (SSSR count). The lowest BCUT2D eigenvalue weighted by atomic mass is 9.87. The number of rotatable bonds is 1. The topological polar surface area (TPSA) is 12.0 Å². The van der Waals surface area contributed by atoms with E-state index in [1.54, 1.807) is 6.07 Å². The molecule has 1 fully saturated rings. The summed E-state index contributed by atoms with van der Waals surface area (Å²) in [5.74, 6) is 1.33. The zero-order chi connectivity index (χ0) is 10.3. The maximum absolute atomic E-state index is 13.5. The molecule has 2 unspecified atom stereocenters. The van der Waals surface area contributed by atoms with Crippen LogP contribution < -0.4 is 5.32 Å². The van der Waals surface area contributed by atoms with Crippen molar-refractivity contribution in [3.05, 3.63) is 35.1 Å². The van der Waals surface area contributed by atoms with E-state index in [2.05, 4.69) is 11.4 Å². The SMILES string of the molecule is Fc1cccc2c1CCC2C1CCNC1. The molecule has 2 heteroatoms. The number of hydrogen-bond acceptors (Lipinski definition) is 1. The van der Waals surface area contributed by atoms with Gasteiger partial charge in [-0.2, -0.15) is 0 Å². The van der Waals surface area contributed by atoms with Crippen LogP contribution >= 0.6 is 0 Å². The fraction of sp³-hybridized carbons (Fsp3) is 0.538. The Labute approximate surface area is 89.7 Å². The van der Waals surface area contributed by atoms with E-state index < -0.39 is 0 Å². The smallest absolute Gasteiger partial charge is 0.126 e. The van der Waals surface area contributed by atoms with Crippen LogP contribution in [0.25, 0.3) is 0 Å². The monoisotopic (exact) mass is 205 g/mol. The summed E-state index contributed by atoms with van der Waals surface area (Å²) >= 11 is 0. The van der Waals surface area contributed by atoms with E-state index in [0.29, 0.717) is 5.92 Å². The Morgan fingerprint density at radius 2 is 2.20 bits per heavy atom. The third-order valence-corrected chi connectivity index (χ3v) is 3.93. The van der Waals surface area contributed by atoms with E-state index in [4.69, 9.17) is 0 Å². The maximum atomic E-state index is 13.5. The molecule has 1 aliphatic heterocycles. The first kappa shape index (κ1) is 9.34. The van der Waals surface area contributed by atoms with Gasteiger partial charge in [-0.25, -0.2) is 4.39 Å². The minimum Gasteiger partial charge on any atom is -0.316 e. The molecule has 2 aliphatic rings. The molecule has 0 amide bonds.